The van der Waals surface area contributed by atoms with E-state index in [0.29, 0.717) is 31.5 Å². The van der Waals surface area contributed by atoms with Crippen molar-refractivity contribution in [1.82, 2.24) is 9.80 Å². The van der Waals surface area contributed by atoms with Gasteiger partial charge in [-0.3, -0.25) is 9.59 Å². The summed E-state index contributed by atoms with van der Waals surface area (Å²) in [7, 11) is 0. The molecule has 0 spiro atoms. The van der Waals surface area contributed by atoms with Gasteiger partial charge in [0.2, 0.25) is 11.8 Å². The Morgan fingerprint density at radius 3 is 2.38 bits per heavy atom. The first-order valence-corrected chi connectivity index (χ1v) is 9.49. The maximum atomic E-state index is 12.7. The van der Waals surface area contributed by atoms with Crippen molar-refractivity contribution >= 4 is 29.9 Å². The fraction of sp³-hybridized carbons (Fsp3) is 0.600. The number of amides is 2. The molecule has 0 radical (unpaired) electrons. The van der Waals surface area contributed by atoms with Crippen LogP contribution in [0.4, 0.5) is 5.69 Å². The first kappa shape index (κ1) is 20.6. The first-order valence-electron chi connectivity index (χ1n) is 9.49. The van der Waals surface area contributed by atoms with Crippen LogP contribution in [0, 0.1) is 11.8 Å². The molecule has 144 valence electrons. The standard InChI is InChI=1S/C20H29N3O2.ClH/c1-16-6-5-11-23(15-16)20(25)17-9-12-22(13-10-17)19(24)14-21-18-7-3-2-4-8-18;/h2-4,7-8,16-17,21H,5-6,9-15H2,1H3;1H. The van der Waals surface area contributed by atoms with Gasteiger partial charge in [0.05, 0.1) is 6.54 Å². The minimum absolute atomic E-state index is 0. The molecule has 5 nitrogen and oxygen atoms in total. The molecule has 1 N–H and O–H groups in total. The van der Waals surface area contributed by atoms with Crippen molar-refractivity contribution in [2.45, 2.75) is 32.6 Å². The highest BCUT2D eigenvalue weighted by molar-refractivity contribution is 5.85. The largest absolute Gasteiger partial charge is 0.376 e. The van der Waals surface area contributed by atoms with Crippen molar-refractivity contribution in [2.75, 3.05) is 38.0 Å². The third kappa shape index (κ3) is 5.37. The Morgan fingerprint density at radius 2 is 1.73 bits per heavy atom. The first-order chi connectivity index (χ1) is 12.1. The zero-order chi connectivity index (χ0) is 17.6. The lowest BCUT2D eigenvalue weighted by molar-refractivity contribution is -0.141. The molecule has 0 aliphatic carbocycles. The summed E-state index contributed by atoms with van der Waals surface area (Å²) in [4.78, 5) is 29.0. The Morgan fingerprint density at radius 1 is 1.04 bits per heavy atom. The van der Waals surface area contributed by atoms with Crippen molar-refractivity contribution in [1.29, 1.82) is 0 Å². The quantitative estimate of drug-likeness (QED) is 0.874. The van der Waals surface area contributed by atoms with Crippen LogP contribution in [0.25, 0.3) is 0 Å². The fourth-order valence-electron chi connectivity index (χ4n) is 3.87. The normalized spacial score (nSPS) is 21.0. The zero-order valence-electron chi connectivity index (χ0n) is 15.5. The number of rotatable bonds is 4. The SMILES string of the molecule is CC1CCCN(C(=O)C2CCN(C(=O)CNc3ccccc3)CC2)C1.Cl. The second-order valence-electron chi connectivity index (χ2n) is 7.41. The van der Waals surface area contributed by atoms with Gasteiger partial charge in [-0.2, -0.15) is 0 Å². The third-order valence-corrected chi connectivity index (χ3v) is 5.38. The Balaban J connectivity index is 0.00000243. The van der Waals surface area contributed by atoms with Gasteiger partial charge in [-0.15, -0.1) is 12.4 Å². The predicted octanol–water partition coefficient (Wildman–Crippen LogP) is 3.02. The molecule has 2 amide bonds. The number of nitrogens with zero attached hydrogens (tertiary/aromatic N) is 2. The Bertz CT molecular complexity index is 588. The molecule has 3 rings (SSSR count). The second kappa shape index (κ2) is 9.81. The number of anilines is 1. The van der Waals surface area contributed by atoms with Gasteiger partial charge in [-0.1, -0.05) is 25.1 Å². The number of hydrogen-bond donors (Lipinski definition) is 1. The van der Waals surface area contributed by atoms with Gasteiger partial charge < -0.3 is 15.1 Å². The number of benzene rings is 1. The topological polar surface area (TPSA) is 52.7 Å². The van der Waals surface area contributed by atoms with Crippen LogP contribution in [0.2, 0.25) is 0 Å². The molecule has 6 heteroatoms. The summed E-state index contributed by atoms with van der Waals surface area (Å²) in [6.07, 6.45) is 3.93. The van der Waals surface area contributed by atoms with Crippen LogP contribution in [0.5, 0.6) is 0 Å². The summed E-state index contributed by atoms with van der Waals surface area (Å²) < 4.78 is 0. The van der Waals surface area contributed by atoms with Crippen molar-refractivity contribution < 1.29 is 9.59 Å². The molecular weight excluding hydrogens is 350 g/mol. The summed E-state index contributed by atoms with van der Waals surface area (Å²) in [5.41, 5.74) is 0.958. The number of hydrogen-bond acceptors (Lipinski definition) is 3. The van der Waals surface area contributed by atoms with Crippen LogP contribution in [0.1, 0.15) is 32.6 Å². The highest BCUT2D eigenvalue weighted by Gasteiger charge is 2.31. The molecule has 1 unspecified atom stereocenters. The van der Waals surface area contributed by atoms with E-state index < -0.39 is 0 Å². The monoisotopic (exact) mass is 379 g/mol. The lowest BCUT2D eigenvalue weighted by Crippen LogP contribution is -2.47. The molecule has 1 aromatic carbocycles. The van der Waals surface area contributed by atoms with E-state index >= 15 is 0 Å². The van der Waals surface area contributed by atoms with E-state index in [4.69, 9.17) is 0 Å². The summed E-state index contributed by atoms with van der Waals surface area (Å²) in [6.45, 7) is 5.72. The van der Waals surface area contributed by atoms with E-state index in [2.05, 4.69) is 12.2 Å². The van der Waals surface area contributed by atoms with Crippen LogP contribution in [-0.2, 0) is 9.59 Å². The van der Waals surface area contributed by atoms with Gasteiger partial charge in [-0.25, -0.2) is 0 Å². The minimum atomic E-state index is 0. The summed E-state index contributed by atoms with van der Waals surface area (Å²) in [6, 6.07) is 9.77. The Hall–Kier alpha value is -1.75. The van der Waals surface area contributed by atoms with Crippen LogP contribution in [0.3, 0.4) is 0 Å². The maximum Gasteiger partial charge on any atom is 0.241 e. The summed E-state index contributed by atoms with van der Waals surface area (Å²) in [5, 5.41) is 3.17. The summed E-state index contributed by atoms with van der Waals surface area (Å²) >= 11 is 0. The number of para-hydroxylation sites is 1. The highest BCUT2D eigenvalue weighted by Crippen LogP contribution is 2.23. The van der Waals surface area contributed by atoms with Crippen molar-refractivity contribution in [2.24, 2.45) is 11.8 Å². The minimum Gasteiger partial charge on any atom is -0.376 e. The van der Waals surface area contributed by atoms with Crippen LogP contribution in [0.15, 0.2) is 30.3 Å². The average molecular weight is 380 g/mol. The molecule has 26 heavy (non-hydrogen) atoms. The maximum absolute atomic E-state index is 12.7. The zero-order valence-corrected chi connectivity index (χ0v) is 16.3. The molecule has 0 bridgehead atoms. The van der Waals surface area contributed by atoms with Crippen LogP contribution >= 0.6 is 12.4 Å². The number of carbonyl (C=O) groups is 2. The van der Waals surface area contributed by atoms with E-state index in [-0.39, 0.29) is 24.2 Å². The molecule has 1 atom stereocenters. The fourth-order valence-corrected chi connectivity index (χ4v) is 3.87. The average Bonchev–Trinajstić information content (AvgIpc) is 2.66. The molecule has 2 fully saturated rings. The van der Waals surface area contributed by atoms with E-state index in [0.717, 1.165) is 38.0 Å². The Labute approximate surface area is 162 Å². The third-order valence-electron chi connectivity index (χ3n) is 5.38. The van der Waals surface area contributed by atoms with Gasteiger partial charge in [0.15, 0.2) is 0 Å². The van der Waals surface area contributed by atoms with Crippen molar-refractivity contribution in [3.8, 4) is 0 Å². The van der Waals surface area contributed by atoms with Gasteiger partial charge in [0, 0.05) is 37.8 Å². The predicted molar refractivity (Wildman–Crippen MR) is 106 cm³/mol. The van der Waals surface area contributed by atoms with E-state index in [1.54, 1.807) is 0 Å². The van der Waals surface area contributed by atoms with E-state index in [1.165, 1.54) is 6.42 Å². The van der Waals surface area contributed by atoms with Gasteiger partial charge in [0.25, 0.3) is 0 Å². The summed E-state index contributed by atoms with van der Waals surface area (Å²) in [5.74, 6) is 1.13. The molecule has 2 heterocycles. The van der Waals surface area contributed by atoms with Crippen molar-refractivity contribution in [3.63, 3.8) is 0 Å². The molecule has 2 saturated heterocycles. The van der Waals surface area contributed by atoms with E-state index in [9.17, 15) is 9.59 Å². The second-order valence-corrected chi connectivity index (χ2v) is 7.41. The lowest BCUT2D eigenvalue weighted by Gasteiger charge is -2.37. The molecule has 2 aliphatic heterocycles. The van der Waals surface area contributed by atoms with Gasteiger partial charge in [-0.05, 0) is 43.7 Å². The number of halogens is 1. The smallest absolute Gasteiger partial charge is 0.241 e. The molecule has 0 aromatic heterocycles. The number of piperidine rings is 2. The number of carbonyl (C=O) groups excluding carboxylic acids is 2. The highest BCUT2D eigenvalue weighted by atomic mass is 35.5. The van der Waals surface area contributed by atoms with E-state index in [1.807, 2.05) is 40.1 Å². The Kier molecular flexibility index (Phi) is 7.76. The van der Waals surface area contributed by atoms with Crippen molar-refractivity contribution in [3.05, 3.63) is 30.3 Å². The molecule has 2 aliphatic rings. The van der Waals surface area contributed by atoms with Crippen LogP contribution < -0.4 is 5.32 Å². The molecule has 0 saturated carbocycles. The van der Waals surface area contributed by atoms with Gasteiger partial charge >= 0.3 is 0 Å². The molecule has 1 aromatic rings. The number of likely N-dealkylation sites (tertiary alicyclic amines) is 2. The molecular formula is C20H30ClN3O2. The van der Waals surface area contributed by atoms with Crippen LogP contribution in [-0.4, -0.2) is 54.3 Å². The lowest BCUT2D eigenvalue weighted by atomic mass is 9.92. The number of nitrogens with one attached hydrogen (secondary N) is 1. The van der Waals surface area contributed by atoms with Gasteiger partial charge in [0.1, 0.15) is 0 Å².